The molecule has 2 rings (SSSR count). The Labute approximate surface area is 123 Å². The summed E-state index contributed by atoms with van der Waals surface area (Å²) < 4.78 is 1.10. The van der Waals surface area contributed by atoms with Crippen molar-refractivity contribution in [2.75, 3.05) is 0 Å². The molecule has 0 spiro atoms. The summed E-state index contributed by atoms with van der Waals surface area (Å²) in [6.45, 7) is 3.24. The van der Waals surface area contributed by atoms with Gasteiger partial charge in [0.2, 0.25) is 0 Å². The molecule has 1 aliphatic rings. The van der Waals surface area contributed by atoms with E-state index in [2.05, 4.69) is 34.2 Å². The lowest BCUT2D eigenvalue weighted by Crippen LogP contribution is -2.37. The van der Waals surface area contributed by atoms with Gasteiger partial charge in [0.25, 0.3) is 0 Å². The quantitative estimate of drug-likeness (QED) is 0.804. The van der Waals surface area contributed by atoms with Gasteiger partial charge in [0, 0.05) is 22.1 Å². The summed E-state index contributed by atoms with van der Waals surface area (Å²) in [5.74, 6) is 0.852. The average Bonchev–Trinajstić information content (AvgIpc) is 2.38. The molecule has 1 aromatic carbocycles. The van der Waals surface area contributed by atoms with Gasteiger partial charge >= 0.3 is 0 Å². The highest BCUT2D eigenvalue weighted by Crippen LogP contribution is 2.28. The van der Waals surface area contributed by atoms with Crippen LogP contribution in [0.1, 0.15) is 44.6 Å². The van der Waals surface area contributed by atoms with E-state index in [1.54, 1.807) is 0 Å². The molecule has 1 nitrogen and oxygen atoms in total. The molecule has 0 saturated heterocycles. The van der Waals surface area contributed by atoms with Crippen LogP contribution in [0.25, 0.3) is 0 Å². The Morgan fingerprint density at radius 3 is 2.83 bits per heavy atom. The zero-order valence-electron chi connectivity index (χ0n) is 10.9. The molecule has 1 aromatic rings. The molecule has 1 fully saturated rings. The molecular formula is C15H21BrClN. The molecule has 2 unspecified atom stereocenters. The average molecular weight is 331 g/mol. The Kier molecular flexibility index (Phi) is 5.53. The van der Waals surface area contributed by atoms with E-state index in [4.69, 9.17) is 11.6 Å². The van der Waals surface area contributed by atoms with E-state index < -0.39 is 0 Å². The van der Waals surface area contributed by atoms with Gasteiger partial charge in [-0.15, -0.1) is 0 Å². The number of benzene rings is 1. The maximum Gasteiger partial charge on any atom is 0.0417 e. The molecule has 100 valence electrons. The van der Waals surface area contributed by atoms with Gasteiger partial charge in [-0.1, -0.05) is 59.8 Å². The molecule has 2 atom stereocenters. The first-order chi connectivity index (χ1) is 8.70. The Hall–Kier alpha value is -0.0500. The summed E-state index contributed by atoms with van der Waals surface area (Å²) in [5, 5.41) is 4.51. The standard InChI is InChI=1S/C15H21BrClN/c1-2-11-5-3-4-6-15(11)18-10-12-7-8-13(17)9-14(12)16/h7-9,11,15,18H,2-6,10H2,1H3. The van der Waals surface area contributed by atoms with E-state index in [1.165, 1.54) is 37.7 Å². The zero-order valence-corrected chi connectivity index (χ0v) is 13.2. The van der Waals surface area contributed by atoms with Crippen LogP contribution in [0.4, 0.5) is 0 Å². The first-order valence-corrected chi connectivity index (χ1v) is 8.05. The van der Waals surface area contributed by atoms with Crippen LogP contribution < -0.4 is 5.32 Å². The smallest absolute Gasteiger partial charge is 0.0417 e. The molecule has 0 amide bonds. The van der Waals surface area contributed by atoms with Crippen LogP contribution in [0.15, 0.2) is 22.7 Å². The van der Waals surface area contributed by atoms with Gasteiger partial charge in [0.15, 0.2) is 0 Å². The lowest BCUT2D eigenvalue weighted by atomic mass is 9.83. The van der Waals surface area contributed by atoms with E-state index in [9.17, 15) is 0 Å². The molecule has 1 saturated carbocycles. The summed E-state index contributed by atoms with van der Waals surface area (Å²) >= 11 is 9.54. The normalized spacial score (nSPS) is 24.2. The van der Waals surface area contributed by atoms with Gasteiger partial charge in [-0.3, -0.25) is 0 Å². The monoisotopic (exact) mass is 329 g/mol. The van der Waals surface area contributed by atoms with Crippen molar-refractivity contribution in [3.63, 3.8) is 0 Å². The SMILES string of the molecule is CCC1CCCCC1NCc1ccc(Cl)cc1Br. The van der Waals surface area contributed by atoms with E-state index in [0.717, 1.165) is 22.0 Å². The second kappa shape index (κ2) is 6.93. The van der Waals surface area contributed by atoms with Crippen molar-refractivity contribution in [2.24, 2.45) is 5.92 Å². The minimum absolute atomic E-state index is 0.686. The molecule has 0 heterocycles. The van der Waals surface area contributed by atoms with E-state index in [1.807, 2.05) is 12.1 Å². The molecule has 1 N–H and O–H groups in total. The minimum atomic E-state index is 0.686. The molecule has 0 aliphatic heterocycles. The van der Waals surface area contributed by atoms with Crippen molar-refractivity contribution < 1.29 is 0 Å². The molecule has 0 bridgehead atoms. The maximum atomic E-state index is 5.96. The third-order valence-corrected chi connectivity index (χ3v) is 4.98. The molecule has 1 aliphatic carbocycles. The minimum Gasteiger partial charge on any atom is -0.310 e. The number of rotatable bonds is 4. The van der Waals surface area contributed by atoms with Crippen LogP contribution in [0.2, 0.25) is 5.02 Å². The van der Waals surface area contributed by atoms with Crippen LogP contribution in [-0.2, 0) is 6.54 Å². The lowest BCUT2D eigenvalue weighted by Gasteiger charge is -2.31. The summed E-state index contributed by atoms with van der Waals surface area (Å²) in [6, 6.07) is 6.72. The second-order valence-electron chi connectivity index (χ2n) is 5.18. The Balaban J connectivity index is 1.93. The second-order valence-corrected chi connectivity index (χ2v) is 6.47. The fraction of sp³-hybridized carbons (Fsp3) is 0.600. The van der Waals surface area contributed by atoms with Crippen molar-refractivity contribution in [3.05, 3.63) is 33.3 Å². The Morgan fingerprint density at radius 2 is 2.11 bits per heavy atom. The zero-order chi connectivity index (χ0) is 13.0. The van der Waals surface area contributed by atoms with Crippen molar-refractivity contribution >= 4 is 27.5 Å². The van der Waals surface area contributed by atoms with Crippen molar-refractivity contribution in [2.45, 2.75) is 51.6 Å². The summed E-state index contributed by atoms with van der Waals surface area (Å²) in [5.41, 5.74) is 1.29. The van der Waals surface area contributed by atoms with Crippen molar-refractivity contribution in [3.8, 4) is 0 Å². The van der Waals surface area contributed by atoms with Gasteiger partial charge in [-0.25, -0.2) is 0 Å². The molecule has 18 heavy (non-hydrogen) atoms. The number of halogens is 2. The molecule has 0 radical (unpaired) electrons. The van der Waals surface area contributed by atoms with Gasteiger partial charge < -0.3 is 5.32 Å². The third kappa shape index (κ3) is 3.72. The van der Waals surface area contributed by atoms with Crippen molar-refractivity contribution in [1.82, 2.24) is 5.32 Å². The van der Waals surface area contributed by atoms with Gasteiger partial charge in [-0.2, -0.15) is 0 Å². The van der Waals surface area contributed by atoms with Crippen molar-refractivity contribution in [1.29, 1.82) is 0 Å². The van der Waals surface area contributed by atoms with Crippen LogP contribution in [0.5, 0.6) is 0 Å². The van der Waals surface area contributed by atoms with Gasteiger partial charge in [-0.05, 0) is 36.5 Å². The maximum absolute atomic E-state index is 5.96. The lowest BCUT2D eigenvalue weighted by molar-refractivity contribution is 0.254. The largest absolute Gasteiger partial charge is 0.310 e. The van der Waals surface area contributed by atoms with E-state index in [-0.39, 0.29) is 0 Å². The van der Waals surface area contributed by atoms with E-state index in [0.29, 0.717) is 6.04 Å². The number of nitrogens with one attached hydrogen (secondary N) is 1. The fourth-order valence-electron chi connectivity index (χ4n) is 2.87. The Bertz CT molecular complexity index is 394. The summed E-state index contributed by atoms with van der Waals surface area (Å²) in [4.78, 5) is 0. The number of hydrogen-bond donors (Lipinski definition) is 1. The Morgan fingerprint density at radius 1 is 1.33 bits per heavy atom. The van der Waals surface area contributed by atoms with Gasteiger partial charge in [0.1, 0.15) is 0 Å². The first kappa shape index (κ1) is 14.4. The number of hydrogen-bond acceptors (Lipinski definition) is 1. The van der Waals surface area contributed by atoms with Gasteiger partial charge in [0.05, 0.1) is 0 Å². The van der Waals surface area contributed by atoms with Crippen LogP contribution >= 0.6 is 27.5 Å². The highest BCUT2D eigenvalue weighted by molar-refractivity contribution is 9.10. The predicted molar refractivity (Wildman–Crippen MR) is 82.0 cm³/mol. The third-order valence-electron chi connectivity index (χ3n) is 4.00. The molecule has 3 heteroatoms. The van der Waals surface area contributed by atoms with Crippen LogP contribution in [0.3, 0.4) is 0 Å². The summed E-state index contributed by atoms with van der Waals surface area (Å²) in [7, 11) is 0. The van der Waals surface area contributed by atoms with Crippen LogP contribution in [-0.4, -0.2) is 6.04 Å². The highest BCUT2D eigenvalue weighted by Gasteiger charge is 2.22. The topological polar surface area (TPSA) is 12.0 Å². The highest BCUT2D eigenvalue weighted by atomic mass is 79.9. The first-order valence-electron chi connectivity index (χ1n) is 6.88. The predicted octanol–water partition coefficient (Wildman–Crippen LogP) is 5.16. The summed E-state index contributed by atoms with van der Waals surface area (Å²) in [6.07, 6.45) is 6.77. The molecule has 0 aromatic heterocycles. The molecular weight excluding hydrogens is 310 g/mol. The van der Waals surface area contributed by atoms with E-state index >= 15 is 0 Å². The van der Waals surface area contributed by atoms with Crippen LogP contribution in [0, 0.1) is 5.92 Å². The fourth-order valence-corrected chi connectivity index (χ4v) is 3.69.